The highest BCUT2D eigenvalue weighted by molar-refractivity contribution is 6.42. The van der Waals surface area contributed by atoms with Crippen molar-refractivity contribution in [1.82, 2.24) is 19.0 Å². The smallest absolute Gasteiger partial charge is 0.275 e. The Kier molecular flexibility index (Phi) is 5.47. The number of carbonyl (C=O) groups is 1. The van der Waals surface area contributed by atoms with E-state index in [1.807, 2.05) is 17.9 Å². The molecule has 0 radical (unpaired) electrons. The van der Waals surface area contributed by atoms with Crippen LogP contribution in [0.5, 0.6) is 0 Å². The van der Waals surface area contributed by atoms with E-state index < -0.39 is 0 Å². The molecule has 1 aromatic carbocycles. The summed E-state index contributed by atoms with van der Waals surface area (Å²) in [5.74, 6) is -0.00704. The molecule has 3 aromatic rings. The van der Waals surface area contributed by atoms with Crippen LogP contribution in [-0.4, -0.2) is 31.0 Å². The van der Waals surface area contributed by atoms with Gasteiger partial charge in [0.1, 0.15) is 11.4 Å². The summed E-state index contributed by atoms with van der Waals surface area (Å²) in [4.78, 5) is 32.6. The first-order chi connectivity index (χ1) is 14.3. The van der Waals surface area contributed by atoms with E-state index in [0.717, 1.165) is 11.3 Å². The van der Waals surface area contributed by atoms with Crippen molar-refractivity contribution in [3.05, 3.63) is 80.2 Å². The minimum atomic E-state index is -0.196. The zero-order chi connectivity index (χ0) is 21.6. The Bertz CT molecular complexity index is 1180. The highest BCUT2D eigenvalue weighted by Gasteiger charge is 2.35. The largest absolute Gasteiger partial charge is 0.328 e. The van der Waals surface area contributed by atoms with Gasteiger partial charge in [0.05, 0.1) is 28.1 Å². The molecule has 1 amide bonds. The van der Waals surface area contributed by atoms with Crippen molar-refractivity contribution < 1.29 is 4.79 Å². The molecule has 0 spiro atoms. The summed E-state index contributed by atoms with van der Waals surface area (Å²) in [6.45, 7) is 6.80. The molecule has 6 nitrogen and oxygen atoms in total. The summed E-state index contributed by atoms with van der Waals surface area (Å²) in [7, 11) is 0. The first-order valence-corrected chi connectivity index (χ1v) is 10.5. The third kappa shape index (κ3) is 3.66. The van der Waals surface area contributed by atoms with Crippen molar-refractivity contribution in [3.63, 3.8) is 0 Å². The molecular weight excluding hydrogens is 423 g/mol. The fraction of sp³-hybridized carbons (Fsp3) is 0.318. The van der Waals surface area contributed by atoms with Gasteiger partial charge in [-0.15, -0.1) is 0 Å². The van der Waals surface area contributed by atoms with E-state index in [4.69, 9.17) is 23.2 Å². The van der Waals surface area contributed by atoms with E-state index in [2.05, 4.69) is 18.8 Å². The van der Waals surface area contributed by atoms with Gasteiger partial charge in [-0.1, -0.05) is 43.1 Å². The third-order valence-electron chi connectivity index (χ3n) is 5.50. The van der Waals surface area contributed by atoms with Crippen LogP contribution in [0, 0.1) is 12.8 Å². The second-order valence-corrected chi connectivity index (χ2v) is 8.75. The van der Waals surface area contributed by atoms with Crippen LogP contribution in [0.1, 0.15) is 35.6 Å². The minimum absolute atomic E-state index is 0.128. The van der Waals surface area contributed by atoms with E-state index in [1.54, 1.807) is 45.9 Å². The summed E-state index contributed by atoms with van der Waals surface area (Å²) in [6, 6.07) is 8.64. The number of imidazole rings is 1. The maximum Gasteiger partial charge on any atom is 0.275 e. The van der Waals surface area contributed by atoms with E-state index >= 15 is 0 Å². The lowest BCUT2D eigenvalue weighted by molar-refractivity contribution is 0.0493. The van der Waals surface area contributed by atoms with Crippen molar-refractivity contribution in [2.75, 3.05) is 0 Å². The van der Waals surface area contributed by atoms with Crippen LogP contribution in [0.4, 0.5) is 0 Å². The molecule has 156 valence electrons. The number of rotatable bonds is 4. The van der Waals surface area contributed by atoms with Crippen molar-refractivity contribution in [2.24, 2.45) is 5.92 Å². The second kappa shape index (κ2) is 7.93. The zero-order valence-corrected chi connectivity index (χ0v) is 18.5. The predicted octanol–water partition coefficient (Wildman–Crippen LogP) is 4.33. The summed E-state index contributed by atoms with van der Waals surface area (Å²) in [5.41, 5.74) is 2.38. The predicted molar refractivity (Wildman–Crippen MR) is 118 cm³/mol. The lowest BCUT2D eigenvalue weighted by atomic mass is 9.98. The van der Waals surface area contributed by atoms with E-state index in [1.165, 1.54) is 0 Å². The van der Waals surface area contributed by atoms with Gasteiger partial charge in [0.2, 0.25) is 0 Å². The number of aromatic nitrogens is 3. The minimum Gasteiger partial charge on any atom is -0.328 e. The van der Waals surface area contributed by atoms with Crippen LogP contribution in [-0.2, 0) is 13.1 Å². The molecule has 0 unspecified atom stereocenters. The molecule has 0 saturated heterocycles. The SMILES string of the molecule is Cc1cn(-c2ccc3n(c2=O)C[C@@H](C(C)C)N(Cc2ccc(Cl)c(Cl)c2)C3=O)cn1. The Balaban J connectivity index is 1.74. The Morgan fingerprint density at radius 2 is 1.90 bits per heavy atom. The van der Waals surface area contributed by atoms with Crippen molar-refractivity contribution >= 4 is 29.1 Å². The Morgan fingerprint density at radius 3 is 2.53 bits per heavy atom. The number of halogens is 2. The Labute approximate surface area is 184 Å². The molecule has 0 N–H and O–H groups in total. The van der Waals surface area contributed by atoms with Crippen LogP contribution in [0.2, 0.25) is 10.0 Å². The molecule has 2 aromatic heterocycles. The van der Waals surface area contributed by atoms with Gasteiger partial charge in [-0.05, 0) is 42.7 Å². The van der Waals surface area contributed by atoms with Gasteiger partial charge in [-0.25, -0.2) is 4.98 Å². The molecule has 1 aliphatic rings. The molecule has 0 saturated carbocycles. The lowest BCUT2D eigenvalue weighted by Crippen LogP contribution is -2.52. The molecular formula is C22H22Cl2N4O2. The molecule has 0 bridgehead atoms. The highest BCUT2D eigenvalue weighted by Crippen LogP contribution is 2.27. The van der Waals surface area contributed by atoms with Crippen molar-refractivity contribution in [1.29, 1.82) is 0 Å². The van der Waals surface area contributed by atoms with E-state index in [0.29, 0.717) is 34.5 Å². The molecule has 0 aliphatic carbocycles. The maximum atomic E-state index is 13.4. The van der Waals surface area contributed by atoms with Crippen LogP contribution in [0.25, 0.3) is 5.69 Å². The number of hydrogen-bond acceptors (Lipinski definition) is 3. The average Bonchev–Trinajstić information content (AvgIpc) is 3.13. The first kappa shape index (κ1) is 20.7. The fourth-order valence-electron chi connectivity index (χ4n) is 3.86. The van der Waals surface area contributed by atoms with Crippen LogP contribution in [0.3, 0.4) is 0 Å². The van der Waals surface area contributed by atoms with Crippen molar-refractivity contribution in [2.45, 2.75) is 39.9 Å². The Morgan fingerprint density at radius 1 is 1.13 bits per heavy atom. The lowest BCUT2D eigenvalue weighted by Gasteiger charge is -2.39. The standard InChI is InChI=1S/C22H22Cl2N4O2/c1-13(2)20-11-28-19(7-6-18(21(28)29)26-9-14(3)25-12-26)22(30)27(20)10-15-4-5-16(23)17(24)8-15/h4-9,12-13,20H,10-11H2,1-3H3/t20-/m0/s1. The topological polar surface area (TPSA) is 60.1 Å². The number of aryl methyl sites for hydroxylation is 1. The van der Waals surface area contributed by atoms with Crippen LogP contribution < -0.4 is 5.56 Å². The number of nitrogens with zero attached hydrogens (tertiary/aromatic N) is 4. The number of hydrogen-bond donors (Lipinski definition) is 0. The van der Waals surface area contributed by atoms with Gasteiger partial charge in [0, 0.05) is 19.3 Å². The Hall–Kier alpha value is -2.57. The number of benzene rings is 1. The quantitative estimate of drug-likeness (QED) is 0.601. The highest BCUT2D eigenvalue weighted by atomic mass is 35.5. The second-order valence-electron chi connectivity index (χ2n) is 7.93. The van der Waals surface area contributed by atoms with Gasteiger partial charge in [-0.2, -0.15) is 0 Å². The monoisotopic (exact) mass is 444 g/mol. The fourth-order valence-corrected chi connectivity index (χ4v) is 4.18. The molecule has 30 heavy (non-hydrogen) atoms. The number of amides is 1. The zero-order valence-electron chi connectivity index (χ0n) is 17.0. The molecule has 8 heteroatoms. The molecule has 0 fully saturated rings. The molecule has 4 rings (SSSR count). The van der Waals surface area contributed by atoms with Gasteiger partial charge in [-0.3, -0.25) is 9.59 Å². The number of carbonyl (C=O) groups excluding carboxylic acids is 1. The van der Waals surface area contributed by atoms with Crippen LogP contribution in [0.15, 0.2) is 47.7 Å². The van der Waals surface area contributed by atoms with Gasteiger partial charge < -0.3 is 14.0 Å². The van der Waals surface area contributed by atoms with E-state index in [9.17, 15) is 9.59 Å². The third-order valence-corrected chi connectivity index (χ3v) is 6.24. The number of fused-ring (bicyclic) bond motifs is 1. The molecule has 1 aliphatic heterocycles. The average molecular weight is 445 g/mol. The normalized spacial score (nSPS) is 16.3. The summed E-state index contributed by atoms with van der Waals surface area (Å²) < 4.78 is 3.28. The first-order valence-electron chi connectivity index (χ1n) is 9.76. The summed E-state index contributed by atoms with van der Waals surface area (Å²) in [5, 5.41) is 0.932. The van der Waals surface area contributed by atoms with E-state index in [-0.39, 0.29) is 23.4 Å². The maximum absolute atomic E-state index is 13.4. The number of pyridine rings is 1. The summed E-state index contributed by atoms with van der Waals surface area (Å²) >= 11 is 12.2. The van der Waals surface area contributed by atoms with Crippen LogP contribution >= 0.6 is 23.2 Å². The molecule has 3 heterocycles. The summed E-state index contributed by atoms with van der Waals surface area (Å²) in [6.07, 6.45) is 3.41. The van der Waals surface area contributed by atoms with Gasteiger partial charge in [0.15, 0.2) is 0 Å². The molecule has 1 atom stereocenters. The van der Waals surface area contributed by atoms with Gasteiger partial charge in [0.25, 0.3) is 11.5 Å². The van der Waals surface area contributed by atoms with Gasteiger partial charge >= 0.3 is 0 Å². The van der Waals surface area contributed by atoms with Crippen molar-refractivity contribution in [3.8, 4) is 5.69 Å².